The molecule has 0 spiro atoms. The third-order valence-electron chi connectivity index (χ3n) is 3.83. The van der Waals surface area contributed by atoms with Crippen LogP contribution in [0.5, 0.6) is 0 Å². The number of carboxylic acids is 1. The van der Waals surface area contributed by atoms with Crippen molar-refractivity contribution in [1.82, 2.24) is 9.97 Å². The number of nitrogens with zero attached hydrogens (tertiary/aromatic N) is 3. The van der Waals surface area contributed by atoms with Crippen LogP contribution in [0.1, 0.15) is 40.5 Å². The largest absolute Gasteiger partial charge is 0.477 e. The molecule has 1 aliphatic heterocycles. The van der Waals surface area contributed by atoms with Gasteiger partial charge in [0.1, 0.15) is 0 Å². The Morgan fingerprint density at radius 2 is 2.05 bits per heavy atom. The minimum atomic E-state index is -1.02. The first-order chi connectivity index (χ1) is 10.1. The zero-order chi connectivity index (χ0) is 14.8. The lowest BCUT2D eigenvalue weighted by molar-refractivity contribution is 0.0690. The van der Waals surface area contributed by atoms with Crippen LogP contribution in [0.25, 0.3) is 0 Å². The van der Waals surface area contributed by atoms with Crippen LogP contribution >= 0.6 is 0 Å². The maximum Gasteiger partial charge on any atom is 0.354 e. The highest BCUT2D eigenvalue weighted by Gasteiger charge is 2.28. The summed E-state index contributed by atoms with van der Waals surface area (Å²) in [4.78, 5) is 21.6. The van der Waals surface area contributed by atoms with Crippen molar-refractivity contribution in [2.45, 2.75) is 25.8 Å². The van der Waals surface area contributed by atoms with Crippen molar-refractivity contribution in [3.63, 3.8) is 0 Å². The Hall–Kier alpha value is -2.43. The Labute approximate surface area is 123 Å². The van der Waals surface area contributed by atoms with E-state index in [-0.39, 0.29) is 11.7 Å². The number of hydrogen-bond acceptors (Lipinski definition) is 4. The fraction of sp³-hybridized carbons (Fsp3) is 0.312. The lowest BCUT2D eigenvalue weighted by Gasteiger charge is -2.25. The number of aryl methyl sites for hydroxylation is 1. The summed E-state index contributed by atoms with van der Waals surface area (Å²) in [6.07, 6.45) is 3.60. The van der Waals surface area contributed by atoms with Crippen LogP contribution in [0.15, 0.2) is 36.5 Å². The molecular formula is C16H17N3O2. The van der Waals surface area contributed by atoms with Gasteiger partial charge in [0.15, 0.2) is 5.69 Å². The molecule has 2 heterocycles. The van der Waals surface area contributed by atoms with E-state index in [4.69, 9.17) is 5.11 Å². The van der Waals surface area contributed by atoms with Gasteiger partial charge >= 0.3 is 5.97 Å². The molecule has 3 rings (SSSR count). The molecule has 108 valence electrons. The first-order valence-corrected chi connectivity index (χ1v) is 7.05. The highest BCUT2D eigenvalue weighted by molar-refractivity contribution is 5.85. The molecule has 0 radical (unpaired) electrons. The Bertz CT molecular complexity index is 655. The second kappa shape index (κ2) is 5.52. The van der Waals surface area contributed by atoms with Gasteiger partial charge in [-0.25, -0.2) is 14.8 Å². The first kappa shape index (κ1) is 13.5. The smallest absolute Gasteiger partial charge is 0.354 e. The number of benzene rings is 1. The second-order valence-corrected chi connectivity index (χ2v) is 5.31. The number of rotatable bonds is 3. The van der Waals surface area contributed by atoms with E-state index < -0.39 is 5.97 Å². The van der Waals surface area contributed by atoms with Gasteiger partial charge in [-0.05, 0) is 31.4 Å². The van der Waals surface area contributed by atoms with Gasteiger partial charge in [0.05, 0.1) is 6.04 Å². The molecule has 0 aliphatic carbocycles. The average molecular weight is 283 g/mol. The van der Waals surface area contributed by atoms with Crippen molar-refractivity contribution in [1.29, 1.82) is 0 Å². The van der Waals surface area contributed by atoms with Crippen molar-refractivity contribution < 1.29 is 9.90 Å². The summed E-state index contributed by atoms with van der Waals surface area (Å²) in [5.74, 6) is -0.525. The molecule has 5 nitrogen and oxygen atoms in total. The molecule has 1 atom stereocenters. The zero-order valence-electron chi connectivity index (χ0n) is 11.9. The van der Waals surface area contributed by atoms with Crippen molar-refractivity contribution in [3.05, 3.63) is 53.3 Å². The van der Waals surface area contributed by atoms with Crippen molar-refractivity contribution in [2.24, 2.45) is 0 Å². The minimum absolute atomic E-state index is 0.0366. The second-order valence-electron chi connectivity index (χ2n) is 5.31. The van der Waals surface area contributed by atoms with E-state index in [1.807, 2.05) is 0 Å². The fourth-order valence-electron chi connectivity index (χ4n) is 2.75. The third kappa shape index (κ3) is 2.72. The van der Waals surface area contributed by atoms with Crippen LogP contribution in [-0.4, -0.2) is 27.6 Å². The zero-order valence-corrected chi connectivity index (χ0v) is 11.9. The van der Waals surface area contributed by atoms with Gasteiger partial charge in [-0.3, -0.25) is 0 Å². The van der Waals surface area contributed by atoms with Crippen LogP contribution < -0.4 is 4.90 Å². The first-order valence-electron chi connectivity index (χ1n) is 7.05. The van der Waals surface area contributed by atoms with Gasteiger partial charge in [0.25, 0.3) is 0 Å². The number of carbonyl (C=O) groups is 1. The fourth-order valence-corrected chi connectivity index (χ4v) is 2.75. The number of hydrogen-bond donors (Lipinski definition) is 1. The van der Waals surface area contributed by atoms with E-state index in [2.05, 4.69) is 46.1 Å². The molecule has 1 aromatic carbocycles. The monoisotopic (exact) mass is 283 g/mol. The van der Waals surface area contributed by atoms with E-state index in [1.54, 1.807) is 0 Å². The molecule has 1 saturated heterocycles. The maximum absolute atomic E-state index is 11.0. The maximum atomic E-state index is 11.0. The molecule has 2 aromatic rings. The summed E-state index contributed by atoms with van der Waals surface area (Å²) in [6, 6.07) is 10.1. The standard InChI is InChI=1S/C16H17N3O2/c1-11-4-6-12(7-5-11)14-3-2-10-19(14)16-17-9-8-13(18-16)15(20)21/h4-9,14H,2-3,10H2,1H3,(H,20,21)/t14-/m0/s1. The molecular weight excluding hydrogens is 266 g/mol. The summed E-state index contributed by atoms with van der Waals surface area (Å²) in [7, 11) is 0. The number of aromatic nitrogens is 2. The van der Waals surface area contributed by atoms with Crippen LogP contribution in [-0.2, 0) is 0 Å². The van der Waals surface area contributed by atoms with E-state index in [9.17, 15) is 4.79 Å². The highest BCUT2D eigenvalue weighted by atomic mass is 16.4. The SMILES string of the molecule is Cc1ccc([C@@H]2CCCN2c2nccc(C(=O)O)n2)cc1. The Morgan fingerprint density at radius 3 is 2.76 bits per heavy atom. The van der Waals surface area contributed by atoms with Gasteiger partial charge in [-0.15, -0.1) is 0 Å². The summed E-state index contributed by atoms with van der Waals surface area (Å²) < 4.78 is 0. The van der Waals surface area contributed by atoms with Gasteiger partial charge in [0, 0.05) is 12.7 Å². The van der Waals surface area contributed by atoms with Crippen molar-refractivity contribution in [2.75, 3.05) is 11.4 Å². The lowest BCUT2D eigenvalue weighted by atomic mass is 10.0. The third-order valence-corrected chi connectivity index (χ3v) is 3.83. The average Bonchev–Trinajstić information content (AvgIpc) is 2.97. The Balaban J connectivity index is 1.92. The minimum Gasteiger partial charge on any atom is -0.477 e. The number of carboxylic acid groups (broad SMARTS) is 1. The molecule has 0 saturated carbocycles. The van der Waals surface area contributed by atoms with E-state index in [0.29, 0.717) is 5.95 Å². The predicted molar refractivity (Wildman–Crippen MR) is 79.5 cm³/mol. The number of anilines is 1. The molecule has 5 heteroatoms. The molecule has 1 aliphatic rings. The van der Waals surface area contributed by atoms with Gasteiger partial charge in [-0.2, -0.15) is 0 Å². The molecule has 1 fully saturated rings. The van der Waals surface area contributed by atoms with Crippen molar-refractivity contribution >= 4 is 11.9 Å². The molecule has 0 amide bonds. The van der Waals surface area contributed by atoms with E-state index in [1.165, 1.54) is 23.4 Å². The van der Waals surface area contributed by atoms with Crippen LogP contribution in [0.4, 0.5) is 5.95 Å². The molecule has 1 aromatic heterocycles. The molecule has 0 bridgehead atoms. The van der Waals surface area contributed by atoms with Gasteiger partial charge in [-0.1, -0.05) is 29.8 Å². The van der Waals surface area contributed by atoms with Gasteiger partial charge < -0.3 is 10.0 Å². The Morgan fingerprint density at radius 1 is 1.29 bits per heavy atom. The summed E-state index contributed by atoms with van der Waals surface area (Å²) >= 11 is 0. The topological polar surface area (TPSA) is 66.3 Å². The summed E-state index contributed by atoms with van der Waals surface area (Å²) in [5.41, 5.74) is 2.49. The molecule has 0 unspecified atom stereocenters. The van der Waals surface area contributed by atoms with Gasteiger partial charge in [0.2, 0.25) is 5.95 Å². The quantitative estimate of drug-likeness (QED) is 0.938. The lowest BCUT2D eigenvalue weighted by Crippen LogP contribution is -2.25. The van der Waals surface area contributed by atoms with Crippen LogP contribution in [0.3, 0.4) is 0 Å². The van der Waals surface area contributed by atoms with Crippen LogP contribution in [0, 0.1) is 6.92 Å². The summed E-state index contributed by atoms with van der Waals surface area (Å²) in [6.45, 7) is 2.91. The summed E-state index contributed by atoms with van der Waals surface area (Å²) in [5, 5.41) is 9.06. The Kier molecular flexibility index (Phi) is 3.56. The van der Waals surface area contributed by atoms with E-state index in [0.717, 1.165) is 19.4 Å². The predicted octanol–water partition coefficient (Wildman–Crippen LogP) is 2.82. The van der Waals surface area contributed by atoms with Crippen LogP contribution in [0.2, 0.25) is 0 Å². The van der Waals surface area contributed by atoms with Crippen molar-refractivity contribution in [3.8, 4) is 0 Å². The molecule has 21 heavy (non-hydrogen) atoms. The molecule has 1 N–H and O–H groups in total. The normalized spacial score (nSPS) is 18.0. The highest BCUT2D eigenvalue weighted by Crippen LogP contribution is 2.34. The number of aromatic carboxylic acids is 1. The van der Waals surface area contributed by atoms with E-state index >= 15 is 0 Å².